The van der Waals surface area contributed by atoms with Crippen molar-refractivity contribution < 1.29 is 0 Å². The van der Waals surface area contributed by atoms with Crippen LogP contribution in [0.25, 0.3) is 10.8 Å². The van der Waals surface area contributed by atoms with Crippen LogP contribution in [0.5, 0.6) is 0 Å². The molecule has 26 heavy (non-hydrogen) atoms. The van der Waals surface area contributed by atoms with Crippen LogP contribution in [0.1, 0.15) is 12.8 Å². The number of hydrogen-bond donors (Lipinski definition) is 1. The van der Waals surface area contributed by atoms with Gasteiger partial charge in [0.05, 0.1) is 11.9 Å². The first-order valence-corrected chi connectivity index (χ1v) is 9.28. The topological polar surface area (TPSA) is 57.2 Å². The highest BCUT2D eigenvalue weighted by Gasteiger charge is 2.23. The number of pyridine rings is 1. The summed E-state index contributed by atoms with van der Waals surface area (Å²) in [6.07, 6.45) is 8.08. The molecular formula is C20H22N6. The monoisotopic (exact) mass is 346 g/mol. The molecule has 2 aliphatic rings. The fraction of sp³-hybridized carbons (Fsp3) is 0.350. The minimum absolute atomic E-state index is 0.605. The first kappa shape index (κ1) is 15.4. The van der Waals surface area contributed by atoms with Crippen molar-refractivity contribution in [1.29, 1.82) is 0 Å². The summed E-state index contributed by atoms with van der Waals surface area (Å²) in [4.78, 5) is 18.0. The summed E-state index contributed by atoms with van der Waals surface area (Å²) in [5.74, 6) is 1.96. The Balaban J connectivity index is 1.31. The first-order chi connectivity index (χ1) is 12.9. The second kappa shape index (κ2) is 6.44. The highest BCUT2D eigenvalue weighted by Crippen LogP contribution is 2.28. The summed E-state index contributed by atoms with van der Waals surface area (Å²) in [6, 6.07) is 11.1. The lowest BCUT2D eigenvalue weighted by molar-refractivity contribution is 0.647. The molecule has 6 heteroatoms. The molecule has 0 bridgehead atoms. The van der Waals surface area contributed by atoms with Gasteiger partial charge in [-0.2, -0.15) is 0 Å². The van der Waals surface area contributed by atoms with Crippen LogP contribution in [-0.4, -0.2) is 47.2 Å². The molecule has 2 fully saturated rings. The fourth-order valence-electron chi connectivity index (χ4n) is 3.56. The zero-order chi connectivity index (χ0) is 17.3. The predicted octanol–water partition coefficient (Wildman–Crippen LogP) is 2.93. The summed E-state index contributed by atoms with van der Waals surface area (Å²) in [5.41, 5.74) is 1.22. The zero-order valence-corrected chi connectivity index (χ0v) is 14.7. The molecule has 0 unspecified atom stereocenters. The van der Waals surface area contributed by atoms with Crippen molar-refractivity contribution in [2.24, 2.45) is 0 Å². The summed E-state index contributed by atoms with van der Waals surface area (Å²) >= 11 is 0. The molecule has 1 aliphatic heterocycles. The fourth-order valence-corrected chi connectivity index (χ4v) is 3.56. The van der Waals surface area contributed by atoms with Gasteiger partial charge in [0.2, 0.25) is 0 Å². The SMILES string of the molecule is c1ccc2c(N3CCN(c4cc(NC5CC5)ncn4)CC3)cncc2c1. The highest BCUT2D eigenvalue weighted by molar-refractivity contribution is 5.93. The van der Waals surface area contributed by atoms with Crippen molar-refractivity contribution in [2.75, 3.05) is 41.3 Å². The van der Waals surface area contributed by atoms with Crippen molar-refractivity contribution in [3.63, 3.8) is 0 Å². The van der Waals surface area contributed by atoms with Crippen molar-refractivity contribution in [3.05, 3.63) is 49.1 Å². The minimum atomic E-state index is 0.605. The summed E-state index contributed by atoms with van der Waals surface area (Å²) in [6.45, 7) is 3.82. The zero-order valence-electron chi connectivity index (χ0n) is 14.7. The number of rotatable bonds is 4. The molecule has 5 rings (SSSR count). The molecule has 3 heterocycles. The van der Waals surface area contributed by atoms with Gasteiger partial charge in [0.15, 0.2) is 0 Å². The van der Waals surface area contributed by atoms with Crippen LogP contribution < -0.4 is 15.1 Å². The Hall–Kier alpha value is -2.89. The van der Waals surface area contributed by atoms with Gasteiger partial charge >= 0.3 is 0 Å². The number of hydrogen-bond acceptors (Lipinski definition) is 6. The normalized spacial score (nSPS) is 17.5. The second-order valence-corrected chi connectivity index (χ2v) is 7.03. The van der Waals surface area contributed by atoms with E-state index in [1.54, 1.807) is 6.33 Å². The Kier molecular flexibility index (Phi) is 3.81. The largest absolute Gasteiger partial charge is 0.367 e. The average molecular weight is 346 g/mol. The third-order valence-electron chi connectivity index (χ3n) is 5.17. The van der Waals surface area contributed by atoms with Gasteiger partial charge in [0.25, 0.3) is 0 Å². The molecular weight excluding hydrogens is 324 g/mol. The Labute approximate surface area is 152 Å². The number of anilines is 3. The van der Waals surface area contributed by atoms with E-state index in [9.17, 15) is 0 Å². The molecule has 2 aromatic heterocycles. The molecule has 1 aromatic carbocycles. The maximum absolute atomic E-state index is 4.48. The maximum atomic E-state index is 4.48. The van der Waals surface area contributed by atoms with Gasteiger partial charge in [-0.05, 0) is 12.8 Å². The lowest BCUT2D eigenvalue weighted by Gasteiger charge is -2.37. The summed E-state index contributed by atoms with van der Waals surface area (Å²) in [7, 11) is 0. The number of benzene rings is 1. The van der Waals surface area contributed by atoms with Crippen molar-refractivity contribution >= 4 is 28.1 Å². The van der Waals surface area contributed by atoms with Crippen LogP contribution >= 0.6 is 0 Å². The number of fused-ring (bicyclic) bond motifs is 1. The predicted molar refractivity (Wildman–Crippen MR) is 105 cm³/mol. The standard InChI is InChI=1S/C20H22N6/c1-2-4-17-15(3-1)12-21-13-18(17)25-7-9-26(10-8-25)20-11-19(22-14-23-20)24-16-5-6-16/h1-4,11-14,16H,5-10H2,(H,22,23,24). The molecule has 132 valence electrons. The molecule has 1 aliphatic carbocycles. The van der Waals surface area contributed by atoms with Gasteiger partial charge < -0.3 is 15.1 Å². The number of aromatic nitrogens is 3. The van der Waals surface area contributed by atoms with E-state index in [4.69, 9.17) is 0 Å². The van der Waals surface area contributed by atoms with E-state index in [-0.39, 0.29) is 0 Å². The van der Waals surface area contributed by atoms with E-state index < -0.39 is 0 Å². The maximum Gasteiger partial charge on any atom is 0.134 e. The molecule has 6 nitrogen and oxygen atoms in total. The van der Waals surface area contributed by atoms with Gasteiger partial charge in [0.1, 0.15) is 18.0 Å². The third kappa shape index (κ3) is 3.03. The van der Waals surface area contributed by atoms with Crippen LogP contribution in [-0.2, 0) is 0 Å². The number of nitrogens with zero attached hydrogens (tertiary/aromatic N) is 5. The van der Waals surface area contributed by atoms with E-state index in [2.05, 4.69) is 60.4 Å². The van der Waals surface area contributed by atoms with Crippen LogP contribution in [0, 0.1) is 0 Å². The number of piperazine rings is 1. The second-order valence-electron chi connectivity index (χ2n) is 7.03. The minimum Gasteiger partial charge on any atom is -0.367 e. The Morgan fingerprint density at radius 2 is 1.73 bits per heavy atom. The van der Waals surface area contributed by atoms with Crippen molar-refractivity contribution in [1.82, 2.24) is 15.0 Å². The summed E-state index contributed by atoms with van der Waals surface area (Å²) < 4.78 is 0. The van der Waals surface area contributed by atoms with Crippen molar-refractivity contribution in [3.8, 4) is 0 Å². The number of nitrogens with one attached hydrogen (secondary N) is 1. The lowest BCUT2D eigenvalue weighted by Crippen LogP contribution is -2.47. The first-order valence-electron chi connectivity index (χ1n) is 9.28. The van der Waals surface area contributed by atoms with Gasteiger partial charge in [-0.3, -0.25) is 4.98 Å². The third-order valence-corrected chi connectivity index (χ3v) is 5.17. The van der Waals surface area contributed by atoms with E-state index in [0.29, 0.717) is 6.04 Å². The molecule has 3 aromatic rings. The smallest absolute Gasteiger partial charge is 0.134 e. The van der Waals surface area contributed by atoms with E-state index in [1.807, 2.05) is 12.4 Å². The van der Waals surface area contributed by atoms with Gasteiger partial charge in [-0.1, -0.05) is 24.3 Å². The van der Waals surface area contributed by atoms with Crippen molar-refractivity contribution in [2.45, 2.75) is 18.9 Å². The Morgan fingerprint density at radius 3 is 2.58 bits per heavy atom. The molecule has 0 radical (unpaired) electrons. The van der Waals surface area contributed by atoms with Gasteiger partial charge in [0, 0.05) is 55.3 Å². The lowest BCUT2D eigenvalue weighted by atomic mass is 10.1. The van der Waals surface area contributed by atoms with Gasteiger partial charge in [-0.15, -0.1) is 0 Å². The molecule has 0 amide bonds. The molecule has 1 N–H and O–H groups in total. The van der Waals surface area contributed by atoms with Crippen LogP contribution in [0.15, 0.2) is 49.1 Å². The van der Waals surface area contributed by atoms with Crippen LogP contribution in [0.4, 0.5) is 17.3 Å². The quantitative estimate of drug-likeness (QED) is 0.784. The summed E-state index contributed by atoms with van der Waals surface area (Å²) in [5, 5.41) is 5.92. The van der Waals surface area contributed by atoms with Crippen LogP contribution in [0.3, 0.4) is 0 Å². The Morgan fingerprint density at radius 1 is 0.923 bits per heavy atom. The molecule has 0 spiro atoms. The average Bonchev–Trinajstić information content (AvgIpc) is 3.52. The van der Waals surface area contributed by atoms with E-state index in [0.717, 1.165) is 37.8 Å². The van der Waals surface area contributed by atoms with E-state index in [1.165, 1.54) is 29.3 Å². The highest BCUT2D eigenvalue weighted by atomic mass is 15.3. The molecule has 0 atom stereocenters. The Bertz CT molecular complexity index is 910. The molecule has 1 saturated heterocycles. The molecule has 1 saturated carbocycles. The van der Waals surface area contributed by atoms with Gasteiger partial charge in [-0.25, -0.2) is 9.97 Å². The van der Waals surface area contributed by atoms with Crippen LogP contribution in [0.2, 0.25) is 0 Å². The van der Waals surface area contributed by atoms with E-state index >= 15 is 0 Å².